The predicted octanol–water partition coefficient (Wildman–Crippen LogP) is 3.83. The lowest BCUT2D eigenvalue weighted by molar-refractivity contribution is -0.174. The molecule has 0 radical (unpaired) electrons. The number of hydrogen-bond donors (Lipinski definition) is 1. The summed E-state index contributed by atoms with van der Waals surface area (Å²) >= 11 is 11.8. The van der Waals surface area contributed by atoms with E-state index in [4.69, 9.17) is 28.9 Å². The van der Waals surface area contributed by atoms with Gasteiger partial charge in [0.05, 0.1) is 0 Å². The Morgan fingerprint density at radius 1 is 1.26 bits per heavy atom. The van der Waals surface area contributed by atoms with Crippen LogP contribution in [-0.2, 0) is 11.2 Å². The lowest BCUT2D eigenvalue weighted by atomic mass is 10.0. The molecule has 0 spiro atoms. The maximum atomic E-state index is 11.8. The molecule has 1 aromatic carbocycles. The van der Waals surface area contributed by atoms with Crippen molar-refractivity contribution in [3.63, 3.8) is 0 Å². The topological polar surface area (TPSA) is 35.2 Å². The zero-order chi connectivity index (χ0) is 14.5. The number of alkyl halides is 3. The second-order valence-electron chi connectivity index (χ2n) is 4.16. The van der Waals surface area contributed by atoms with Gasteiger partial charge in [-0.15, -0.1) is 0 Å². The number of halogens is 5. The molecule has 0 amide bonds. The molecule has 108 valence electrons. The van der Waals surface area contributed by atoms with Crippen LogP contribution in [0.2, 0.25) is 10.0 Å². The largest absolute Gasteiger partial charge is 0.411 e. The van der Waals surface area contributed by atoms with Crippen LogP contribution >= 0.6 is 23.2 Å². The number of benzene rings is 1. The fraction of sp³-hybridized carbons (Fsp3) is 0.500. The van der Waals surface area contributed by atoms with Gasteiger partial charge in [0.1, 0.15) is 6.61 Å². The molecule has 7 heteroatoms. The molecule has 0 saturated carbocycles. The van der Waals surface area contributed by atoms with Crippen molar-refractivity contribution in [1.29, 1.82) is 0 Å². The summed E-state index contributed by atoms with van der Waals surface area (Å²) in [5.41, 5.74) is 6.59. The number of ether oxygens (including phenoxy) is 1. The zero-order valence-corrected chi connectivity index (χ0v) is 11.5. The van der Waals surface area contributed by atoms with Gasteiger partial charge >= 0.3 is 6.18 Å². The normalized spacial score (nSPS) is 13.6. The van der Waals surface area contributed by atoms with Crippen molar-refractivity contribution < 1.29 is 17.9 Å². The molecular weight excluding hydrogens is 302 g/mol. The van der Waals surface area contributed by atoms with Crippen LogP contribution in [0.4, 0.5) is 13.2 Å². The minimum atomic E-state index is -4.31. The Kier molecular flexibility index (Phi) is 6.39. The number of nitrogens with two attached hydrogens (primary N) is 1. The van der Waals surface area contributed by atoms with Crippen molar-refractivity contribution in [2.75, 3.05) is 13.2 Å². The summed E-state index contributed by atoms with van der Waals surface area (Å²) in [5.74, 6) is 0. The molecule has 0 aromatic heterocycles. The summed E-state index contributed by atoms with van der Waals surface area (Å²) in [4.78, 5) is 0. The Hall–Kier alpha value is -0.490. The average Bonchev–Trinajstić information content (AvgIpc) is 2.28. The van der Waals surface area contributed by atoms with Gasteiger partial charge in [-0.3, -0.25) is 0 Å². The van der Waals surface area contributed by atoms with Crippen LogP contribution in [0, 0.1) is 0 Å². The third-order valence-corrected chi connectivity index (χ3v) is 2.99. The van der Waals surface area contributed by atoms with Crippen molar-refractivity contribution >= 4 is 23.2 Å². The minimum absolute atomic E-state index is 0.0428. The molecular formula is C12H14Cl2F3NO. The van der Waals surface area contributed by atoms with Crippen molar-refractivity contribution in [2.24, 2.45) is 5.73 Å². The highest BCUT2D eigenvalue weighted by Crippen LogP contribution is 2.22. The first-order valence-electron chi connectivity index (χ1n) is 5.62. The molecule has 0 bridgehead atoms. The standard InChI is InChI=1S/C12H14Cl2F3NO/c13-9-1-2-11(14)8(5-9)6-10(18)3-4-19-7-12(15,16)17/h1-2,5,10H,3-4,6-7,18H2. The van der Waals surface area contributed by atoms with E-state index < -0.39 is 12.8 Å². The van der Waals surface area contributed by atoms with Gasteiger partial charge in [-0.25, -0.2) is 0 Å². The lowest BCUT2D eigenvalue weighted by Crippen LogP contribution is -2.26. The molecule has 0 fully saturated rings. The molecule has 1 rings (SSSR count). The van der Waals surface area contributed by atoms with Gasteiger partial charge in [-0.2, -0.15) is 13.2 Å². The zero-order valence-electron chi connectivity index (χ0n) is 10.0. The molecule has 0 saturated heterocycles. The summed E-state index contributed by atoms with van der Waals surface area (Å²) in [6.07, 6.45) is -3.55. The summed E-state index contributed by atoms with van der Waals surface area (Å²) in [7, 11) is 0. The van der Waals surface area contributed by atoms with E-state index in [-0.39, 0.29) is 12.6 Å². The van der Waals surface area contributed by atoms with Gasteiger partial charge in [0.15, 0.2) is 0 Å². The highest BCUT2D eigenvalue weighted by Gasteiger charge is 2.27. The Labute approximate surface area is 119 Å². The summed E-state index contributed by atoms with van der Waals surface area (Å²) in [6, 6.07) is 4.68. The Bertz CT molecular complexity index is 412. The van der Waals surface area contributed by atoms with Gasteiger partial charge < -0.3 is 10.5 Å². The Morgan fingerprint density at radius 2 is 1.95 bits per heavy atom. The van der Waals surface area contributed by atoms with Crippen LogP contribution in [0.25, 0.3) is 0 Å². The summed E-state index contributed by atoms with van der Waals surface area (Å²) in [5, 5.41) is 1.08. The molecule has 1 unspecified atom stereocenters. The lowest BCUT2D eigenvalue weighted by Gasteiger charge is -2.14. The van der Waals surface area contributed by atoms with E-state index in [1.54, 1.807) is 18.2 Å². The average molecular weight is 316 g/mol. The van der Waals surface area contributed by atoms with E-state index >= 15 is 0 Å². The van der Waals surface area contributed by atoms with Crippen LogP contribution in [0.3, 0.4) is 0 Å². The first-order chi connectivity index (χ1) is 8.78. The molecule has 19 heavy (non-hydrogen) atoms. The quantitative estimate of drug-likeness (QED) is 0.810. The van der Waals surface area contributed by atoms with E-state index in [9.17, 15) is 13.2 Å². The maximum absolute atomic E-state index is 11.8. The van der Waals surface area contributed by atoms with Gasteiger partial charge in [0, 0.05) is 22.7 Å². The van der Waals surface area contributed by atoms with Crippen LogP contribution < -0.4 is 5.73 Å². The van der Waals surface area contributed by atoms with Gasteiger partial charge in [-0.05, 0) is 36.6 Å². The Balaban J connectivity index is 2.35. The second-order valence-corrected chi connectivity index (χ2v) is 5.00. The minimum Gasteiger partial charge on any atom is -0.372 e. The van der Waals surface area contributed by atoms with Gasteiger partial charge in [-0.1, -0.05) is 23.2 Å². The van der Waals surface area contributed by atoms with Crippen LogP contribution in [-0.4, -0.2) is 25.4 Å². The molecule has 2 N–H and O–H groups in total. The molecule has 1 aromatic rings. The van der Waals surface area contributed by atoms with Crippen molar-refractivity contribution in [2.45, 2.75) is 25.1 Å². The molecule has 2 nitrogen and oxygen atoms in total. The first kappa shape index (κ1) is 16.6. The molecule has 0 aliphatic rings. The third-order valence-electron chi connectivity index (χ3n) is 2.39. The van der Waals surface area contributed by atoms with Crippen LogP contribution in [0.1, 0.15) is 12.0 Å². The fourth-order valence-electron chi connectivity index (χ4n) is 1.51. The second kappa shape index (κ2) is 7.33. The number of rotatable bonds is 6. The summed E-state index contributed by atoms with van der Waals surface area (Å²) < 4.78 is 40.0. The highest BCUT2D eigenvalue weighted by molar-refractivity contribution is 6.33. The first-order valence-corrected chi connectivity index (χ1v) is 6.37. The SMILES string of the molecule is NC(CCOCC(F)(F)F)Cc1cc(Cl)ccc1Cl. The smallest absolute Gasteiger partial charge is 0.372 e. The van der Waals surface area contributed by atoms with E-state index in [1.807, 2.05) is 0 Å². The van der Waals surface area contributed by atoms with E-state index in [0.717, 1.165) is 5.56 Å². The fourth-order valence-corrected chi connectivity index (χ4v) is 1.90. The Morgan fingerprint density at radius 3 is 2.58 bits per heavy atom. The maximum Gasteiger partial charge on any atom is 0.411 e. The third kappa shape index (κ3) is 7.01. The van der Waals surface area contributed by atoms with Gasteiger partial charge in [0.2, 0.25) is 0 Å². The molecule has 0 aliphatic carbocycles. The molecule has 1 atom stereocenters. The van der Waals surface area contributed by atoms with Gasteiger partial charge in [0.25, 0.3) is 0 Å². The monoisotopic (exact) mass is 315 g/mol. The van der Waals surface area contributed by atoms with E-state index in [1.165, 1.54) is 0 Å². The highest BCUT2D eigenvalue weighted by atomic mass is 35.5. The number of hydrogen-bond acceptors (Lipinski definition) is 2. The van der Waals surface area contributed by atoms with Crippen molar-refractivity contribution in [1.82, 2.24) is 0 Å². The summed E-state index contributed by atoms with van der Waals surface area (Å²) in [6.45, 7) is -1.30. The van der Waals surface area contributed by atoms with Crippen molar-refractivity contribution in [3.05, 3.63) is 33.8 Å². The van der Waals surface area contributed by atoms with Crippen LogP contribution in [0.15, 0.2) is 18.2 Å². The van der Waals surface area contributed by atoms with E-state index in [0.29, 0.717) is 22.9 Å². The van der Waals surface area contributed by atoms with Crippen LogP contribution in [0.5, 0.6) is 0 Å². The molecule has 0 heterocycles. The molecule has 0 aliphatic heterocycles. The predicted molar refractivity (Wildman–Crippen MR) is 69.6 cm³/mol. The van der Waals surface area contributed by atoms with Crippen molar-refractivity contribution in [3.8, 4) is 0 Å². The van der Waals surface area contributed by atoms with E-state index in [2.05, 4.69) is 4.74 Å².